The molecule has 0 amide bonds. The lowest BCUT2D eigenvalue weighted by Crippen LogP contribution is -2.44. The monoisotopic (exact) mass is 240 g/mol. The molecule has 13 heavy (non-hydrogen) atoms. The summed E-state index contributed by atoms with van der Waals surface area (Å²) < 4.78 is 2.33. The van der Waals surface area contributed by atoms with Crippen molar-refractivity contribution in [3.63, 3.8) is 0 Å². The van der Waals surface area contributed by atoms with Gasteiger partial charge >= 0.3 is 0 Å². The number of aromatic nitrogens is 1. The van der Waals surface area contributed by atoms with Gasteiger partial charge in [0.2, 0.25) is 0 Å². The fourth-order valence-corrected chi connectivity index (χ4v) is 2.90. The smallest absolute Gasteiger partial charge is 0.170 e. The molecule has 1 heterocycles. The van der Waals surface area contributed by atoms with E-state index in [2.05, 4.69) is 51.1 Å². The number of hydrogen-bond acceptors (Lipinski definition) is 0. The van der Waals surface area contributed by atoms with E-state index in [9.17, 15) is 0 Å². The molecule has 2 atom stereocenters. The summed E-state index contributed by atoms with van der Waals surface area (Å²) >= 11 is 3.77. The van der Waals surface area contributed by atoms with Gasteiger partial charge in [-0.15, -0.1) is 0 Å². The van der Waals surface area contributed by atoms with Crippen LogP contribution in [0.5, 0.6) is 0 Å². The fourth-order valence-electron chi connectivity index (χ4n) is 2.03. The number of rotatable bonds is 1. The topological polar surface area (TPSA) is 3.88 Å². The highest BCUT2D eigenvalue weighted by molar-refractivity contribution is 9.09. The quantitative estimate of drug-likeness (QED) is 0.525. The Kier molecular flexibility index (Phi) is 2.99. The Labute approximate surface area is 87.9 Å². The van der Waals surface area contributed by atoms with Crippen LogP contribution in [-0.4, -0.2) is 4.83 Å². The molecule has 1 unspecified atom stereocenters. The molecule has 2 rings (SSSR count). The van der Waals surface area contributed by atoms with Gasteiger partial charge in [-0.1, -0.05) is 28.4 Å². The summed E-state index contributed by atoms with van der Waals surface area (Å²) in [4.78, 5) is 0.661. The van der Waals surface area contributed by atoms with Gasteiger partial charge in [-0.3, -0.25) is 0 Å². The van der Waals surface area contributed by atoms with E-state index >= 15 is 0 Å². The van der Waals surface area contributed by atoms with Crippen LogP contribution in [0, 0.1) is 0 Å². The Morgan fingerprint density at radius 3 is 2.38 bits per heavy atom. The molecule has 0 aliphatic heterocycles. The van der Waals surface area contributed by atoms with Gasteiger partial charge in [0.1, 0.15) is 0 Å². The van der Waals surface area contributed by atoms with Gasteiger partial charge in [-0.2, -0.15) is 0 Å². The van der Waals surface area contributed by atoms with Crippen LogP contribution in [0.25, 0.3) is 0 Å². The highest BCUT2D eigenvalue weighted by Crippen LogP contribution is 2.29. The molecule has 0 spiro atoms. The zero-order valence-corrected chi connectivity index (χ0v) is 9.28. The highest BCUT2D eigenvalue weighted by Gasteiger charge is 2.29. The van der Waals surface area contributed by atoms with Gasteiger partial charge in [0, 0.05) is 18.6 Å². The van der Waals surface area contributed by atoms with Crippen molar-refractivity contribution in [1.29, 1.82) is 0 Å². The molecule has 0 aromatic carbocycles. The average molecular weight is 241 g/mol. The van der Waals surface area contributed by atoms with Crippen LogP contribution < -0.4 is 4.57 Å². The molecule has 1 aromatic rings. The van der Waals surface area contributed by atoms with Crippen molar-refractivity contribution in [2.45, 2.75) is 36.6 Å². The van der Waals surface area contributed by atoms with Crippen molar-refractivity contribution >= 4 is 15.9 Å². The molecule has 0 saturated heterocycles. The lowest BCUT2D eigenvalue weighted by atomic mass is 9.95. The van der Waals surface area contributed by atoms with Crippen LogP contribution in [-0.2, 0) is 0 Å². The van der Waals surface area contributed by atoms with Crippen molar-refractivity contribution in [1.82, 2.24) is 0 Å². The van der Waals surface area contributed by atoms with Crippen molar-refractivity contribution < 1.29 is 4.57 Å². The molecule has 0 radical (unpaired) electrons. The second-order valence-electron chi connectivity index (χ2n) is 3.69. The van der Waals surface area contributed by atoms with Crippen LogP contribution >= 0.6 is 15.9 Å². The summed E-state index contributed by atoms with van der Waals surface area (Å²) in [5.74, 6) is 0. The van der Waals surface area contributed by atoms with E-state index in [0.29, 0.717) is 10.9 Å². The van der Waals surface area contributed by atoms with Gasteiger partial charge in [0.25, 0.3) is 0 Å². The van der Waals surface area contributed by atoms with Crippen LogP contribution in [0.15, 0.2) is 30.6 Å². The van der Waals surface area contributed by atoms with E-state index in [4.69, 9.17) is 0 Å². The maximum Gasteiger partial charge on any atom is 0.170 e. The van der Waals surface area contributed by atoms with Gasteiger partial charge in [-0.05, 0) is 12.8 Å². The van der Waals surface area contributed by atoms with Gasteiger partial charge in [0.05, 0.1) is 4.83 Å². The lowest BCUT2D eigenvalue weighted by Gasteiger charge is -2.22. The number of alkyl halides is 1. The minimum Gasteiger partial charge on any atom is -0.201 e. The number of nitrogens with zero attached hydrogens (tertiary/aromatic N) is 1. The second-order valence-corrected chi connectivity index (χ2v) is 4.87. The van der Waals surface area contributed by atoms with Gasteiger partial charge in [0.15, 0.2) is 18.4 Å². The second kappa shape index (κ2) is 4.23. The van der Waals surface area contributed by atoms with Gasteiger partial charge < -0.3 is 0 Å². The lowest BCUT2D eigenvalue weighted by molar-refractivity contribution is -0.724. The summed E-state index contributed by atoms with van der Waals surface area (Å²) in [6.07, 6.45) is 9.71. The molecule has 1 aliphatic rings. The van der Waals surface area contributed by atoms with E-state index in [1.54, 1.807) is 0 Å². The third-order valence-electron chi connectivity index (χ3n) is 2.77. The predicted octanol–water partition coefficient (Wildman–Crippen LogP) is 2.85. The molecule has 1 aromatic heterocycles. The molecule has 1 saturated carbocycles. The van der Waals surface area contributed by atoms with Crippen molar-refractivity contribution in [2.24, 2.45) is 0 Å². The predicted molar refractivity (Wildman–Crippen MR) is 56.9 cm³/mol. The van der Waals surface area contributed by atoms with E-state index < -0.39 is 0 Å². The SMILES string of the molecule is Br[C@H]1CCCCC1[n+]1ccccc1. The van der Waals surface area contributed by atoms with Crippen LogP contribution in [0.2, 0.25) is 0 Å². The van der Waals surface area contributed by atoms with E-state index in [-0.39, 0.29) is 0 Å². The Bertz CT molecular complexity index is 260. The molecule has 2 heteroatoms. The largest absolute Gasteiger partial charge is 0.201 e. The zero-order chi connectivity index (χ0) is 9.10. The third-order valence-corrected chi connectivity index (χ3v) is 3.84. The van der Waals surface area contributed by atoms with E-state index in [1.165, 1.54) is 25.7 Å². The van der Waals surface area contributed by atoms with E-state index in [0.717, 1.165) is 0 Å². The van der Waals surface area contributed by atoms with Crippen molar-refractivity contribution in [3.05, 3.63) is 30.6 Å². The normalized spacial score (nSPS) is 28.7. The standard InChI is InChI=1S/C11H15BrN/c12-10-6-2-3-7-11(10)13-8-4-1-5-9-13/h1,4-5,8-11H,2-3,6-7H2/q+1/t10-,11?/m0/s1. The minimum atomic E-state index is 0.661. The Hall–Kier alpha value is -0.370. The summed E-state index contributed by atoms with van der Waals surface area (Å²) in [6.45, 7) is 0. The van der Waals surface area contributed by atoms with E-state index in [1.807, 2.05) is 0 Å². The summed E-state index contributed by atoms with van der Waals surface area (Å²) in [6, 6.07) is 6.94. The maximum atomic E-state index is 3.77. The molecule has 1 nitrogen and oxygen atoms in total. The first-order chi connectivity index (χ1) is 6.38. The average Bonchev–Trinajstić information content (AvgIpc) is 2.20. The first-order valence-corrected chi connectivity index (χ1v) is 5.89. The molecule has 1 fully saturated rings. The Morgan fingerprint density at radius 2 is 1.69 bits per heavy atom. The first-order valence-electron chi connectivity index (χ1n) is 4.98. The fraction of sp³-hybridized carbons (Fsp3) is 0.545. The molecule has 1 aliphatic carbocycles. The molecule has 70 valence electrons. The summed E-state index contributed by atoms with van der Waals surface area (Å²) in [7, 11) is 0. The number of pyridine rings is 1. The zero-order valence-electron chi connectivity index (χ0n) is 7.70. The van der Waals surface area contributed by atoms with Crippen LogP contribution in [0.1, 0.15) is 31.7 Å². The molecule has 0 N–H and O–H groups in total. The van der Waals surface area contributed by atoms with Crippen molar-refractivity contribution in [2.75, 3.05) is 0 Å². The maximum absolute atomic E-state index is 3.77. The first kappa shape index (κ1) is 9.20. The molecular formula is C11H15BrN+. The molecular weight excluding hydrogens is 226 g/mol. The van der Waals surface area contributed by atoms with Crippen LogP contribution in [0.4, 0.5) is 0 Å². The Morgan fingerprint density at radius 1 is 1.00 bits per heavy atom. The highest BCUT2D eigenvalue weighted by atomic mass is 79.9. The number of hydrogen-bond donors (Lipinski definition) is 0. The Balaban J connectivity index is 2.15. The van der Waals surface area contributed by atoms with Crippen molar-refractivity contribution in [3.8, 4) is 0 Å². The summed E-state index contributed by atoms with van der Waals surface area (Å²) in [5, 5.41) is 0. The number of halogens is 1. The third kappa shape index (κ3) is 2.11. The van der Waals surface area contributed by atoms with Gasteiger partial charge in [-0.25, -0.2) is 4.57 Å². The van der Waals surface area contributed by atoms with Crippen LogP contribution in [0.3, 0.4) is 0 Å². The molecule has 0 bridgehead atoms. The summed E-state index contributed by atoms with van der Waals surface area (Å²) in [5.41, 5.74) is 0. The minimum absolute atomic E-state index is 0.661.